The van der Waals surface area contributed by atoms with Crippen molar-refractivity contribution in [3.05, 3.63) is 177 Å². The van der Waals surface area contributed by atoms with Crippen molar-refractivity contribution in [2.45, 2.75) is 130 Å². The third-order valence-corrected chi connectivity index (χ3v) is 11.3. The van der Waals surface area contributed by atoms with E-state index in [1.54, 1.807) is 0 Å². The van der Waals surface area contributed by atoms with Gasteiger partial charge in [-0.1, -0.05) is 143 Å². The average Bonchev–Trinajstić information content (AvgIpc) is 3.73. The number of hydrogen-bond donors (Lipinski definition) is 2. The van der Waals surface area contributed by atoms with Gasteiger partial charge in [-0.2, -0.15) is 73.9 Å². The topological polar surface area (TPSA) is 40.5 Å². The predicted molar refractivity (Wildman–Crippen MR) is 248 cm³/mol. The fraction of sp³-hybridized carbons (Fsp3) is 0.357. The number of phenolic OH excluding ortho intramolecular Hbond substituents is 2. The Morgan fingerprint density at radius 3 is 0.969 bits per heavy atom. The molecule has 2 aliphatic rings. The Bertz CT molecular complexity index is 2290. The van der Waals surface area contributed by atoms with Crippen LogP contribution in [0.3, 0.4) is 0 Å². The van der Waals surface area contributed by atoms with Crippen molar-refractivity contribution in [3.63, 3.8) is 0 Å². The molecule has 2 aliphatic carbocycles. The summed E-state index contributed by atoms with van der Waals surface area (Å²) in [5.41, 5.74) is 15.7. The van der Waals surface area contributed by atoms with Crippen molar-refractivity contribution < 1.29 is 53.9 Å². The van der Waals surface area contributed by atoms with Gasteiger partial charge in [-0.3, -0.25) is 0 Å². The molecule has 0 amide bonds. The number of hydrogen-bond acceptors (Lipinski definition) is 2. The summed E-state index contributed by atoms with van der Waals surface area (Å²) in [5.74, 6) is -0.750. The number of fused-ring (bicyclic) bond motifs is 6. The van der Waals surface area contributed by atoms with Gasteiger partial charge in [-0.05, 0) is 93.2 Å². The Morgan fingerprint density at radius 1 is 0.385 bits per heavy atom. The van der Waals surface area contributed by atoms with Gasteiger partial charge in [-0.25, -0.2) is 0 Å². The van der Waals surface area contributed by atoms with E-state index in [0.29, 0.717) is 12.1 Å². The number of phenols is 2. The smallest absolute Gasteiger partial charge is 0.508 e. The Labute approximate surface area is 392 Å². The van der Waals surface area contributed by atoms with Crippen molar-refractivity contribution >= 4 is 0 Å². The molecule has 0 radical (unpaired) electrons. The summed E-state index contributed by atoms with van der Waals surface area (Å²) in [4.78, 5) is 0. The maximum absolute atomic E-state index is 11.9. The van der Waals surface area contributed by atoms with Gasteiger partial charge in [0.1, 0.15) is 11.5 Å². The molecule has 0 spiro atoms. The quantitative estimate of drug-likeness (QED) is 0.117. The molecule has 0 unspecified atom stereocenters. The first-order valence-electron chi connectivity index (χ1n) is 21.4. The number of alkyl halides is 6. The fourth-order valence-corrected chi connectivity index (χ4v) is 7.42. The second-order valence-electron chi connectivity index (χ2n) is 20.7. The van der Waals surface area contributed by atoms with Crippen LogP contribution in [0.5, 0.6) is 11.5 Å². The first kappa shape index (κ1) is 52.7. The molecular weight excluding hydrogens is 871 g/mol. The first-order chi connectivity index (χ1) is 29.3. The molecule has 0 saturated carbocycles. The standard InChI is InChI=1S/2C21H25.2C7H5F3O.Cr/c2*1-20(2,3)16-7-9-18-14(12-16)11-15-13-17(21(4,5)6)8-10-19(15)18;2*8-7(9,10)5-2-1-3-6(11)4-5;/h2*7-10,12H,11H2,1-6H3;2*1-4,11H;/q2*-1;;;+2. The summed E-state index contributed by atoms with van der Waals surface area (Å²) in [6.07, 6.45) is -6.70. The van der Waals surface area contributed by atoms with Crippen molar-refractivity contribution in [1.29, 1.82) is 0 Å². The van der Waals surface area contributed by atoms with Crippen molar-refractivity contribution in [1.82, 2.24) is 0 Å². The molecule has 9 heteroatoms. The minimum atomic E-state index is -4.38. The third-order valence-electron chi connectivity index (χ3n) is 11.3. The maximum Gasteiger partial charge on any atom is 2.00 e. The van der Waals surface area contributed by atoms with Crippen molar-refractivity contribution in [2.24, 2.45) is 0 Å². The Morgan fingerprint density at radius 2 is 0.708 bits per heavy atom. The van der Waals surface area contributed by atoms with E-state index in [-0.39, 0.29) is 50.5 Å². The summed E-state index contributed by atoms with van der Waals surface area (Å²) in [6, 6.07) is 38.2. The van der Waals surface area contributed by atoms with Crippen LogP contribution in [0.15, 0.2) is 109 Å². The van der Waals surface area contributed by atoms with Crippen LogP contribution in [0.2, 0.25) is 0 Å². The molecule has 65 heavy (non-hydrogen) atoms. The molecule has 0 saturated heterocycles. The second kappa shape index (κ2) is 19.5. The van der Waals surface area contributed by atoms with Crippen LogP contribution in [0.1, 0.15) is 139 Å². The number of halogens is 6. The average molecular weight is 931 g/mol. The SMILES string of the molecule is CC(C)(C)c1[c-]c2c(cc1)-c1ccc(C(C)(C)C)cc1C2.CC(C)(C)c1[c-]c2c(cc1)-c1ccc(C(C)(C)C)cc1C2.Oc1cccc(C(F)(F)F)c1.Oc1cccc(C(F)(F)F)c1.[Cr+2]. The van der Waals surface area contributed by atoms with Crippen LogP contribution < -0.4 is 0 Å². The molecule has 344 valence electrons. The summed E-state index contributed by atoms with van der Waals surface area (Å²) < 4.78 is 71.1. The normalized spacial score (nSPS) is 13.0. The summed E-state index contributed by atoms with van der Waals surface area (Å²) >= 11 is 0. The van der Waals surface area contributed by atoms with Gasteiger partial charge in [0.05, 0.1) is 11.1 Å². The maximum atomic E-state index is 11.9. The molecule has 0 bridgehead atoms. The number of aromatic hydroxyl groups is 2. The Kier molecular flexibility index (Phi) is 15.8. The van der Waals surface area contributed by atoms with Crippen LogP contribution in [-0.4, -0.2) is 10.2 Å². The van der Waals surface area contributed by atoms with E-state index in [1.807, 2.05) is 0 Å². The minimum absolute atomic E-state index is 0. The van der Waals surface area contributed by atoms with E-state index < -0.39 is 23.5 Å². The van der Waals surface area contributed by atoms with Crippen molar-refractivity contribution in [2.75, 3.05) is 0 Å². The molecule has 6 aromatic rings. The molecular formula is C56H60CrF6O2. The predicted octanol–water partition coefficient (Wildman–Crippen LogP) is 16.1. The number of rotatable bonds is 0. The molecule has 2 nitrogen and oxygen atoms in total. The third kappa shape index (κ3) is 13.6. The Hall–Kier alpha value is -4.97. The van der Waals surface area contributed by atoms with E-state index in [1.165, 1.54) is 78.9 Å². The van der Waals surface area contributed by atoms with Crippen LogP contribution >= 0.6 is 0 Å². The zero-order valence-electron chi connectivity index (χ0n) is 39.4. The van der Waals surface area contributed by atoms with E-state index in [9.17, 15) is 26.3 Å². The zero-order valence-corrected chi connectivity index (χ0v) is 40.7. The van der Waals surface area contributed by atoms with Gasteiger partial charge in [0.15, 0.2) is 0 Å². The van der Waals surface area contributed by atoms with Gasteiger partial charge in [0.25, 0.3) is 0 Å². The second-order valence-corrected chi connectivity index (χ2v) is 20.7. The minimum Gasteiger partial charge on any atom is -0.508 e. The van der Waals surface area contributed by atoms with E-state index in [2.05, 4.69) is 156 Å². The molecule has 0 aromatic heterocycles. The van der Waals surface area contributed by atoms with Gasteiger partial charge < -0.3 is 10.2 Å². The van der Waals surface area contributed by atoms with Crippen molar-refractivity contribution in [3.8, 4) is 33.8 Å². The van der Waals surface area contributed by atoms with Crippen LogP contribution in [0.25, 0.3) is 22.3 Å². The zero-order chi connectivity index (χ0) is 47.8. The monoisotopic (exact) mass is 930 g/mol. The molecule has 8 rings (SSSR count). The Balaban J connectivity index is 0.000000198. The molecule has 0 fully saturated rings. The molecule has 0 heterocycles. The van der Waals surface area contributed by atoms with Crippen LogP contribution in [0, 0.1) is 12.1 Å². The van der Waals surface area contributed by atoms with Gasteiger partial charge in [-0.15, -0.1) is 22.3 Å². The summed E-state index contributed by atoms with van der Waals surface area (Å²) in [7, 11) is 0. The summed E-state index contributed by atoms with van der Waals surface area (Å²) in [5, 5.41) is 17.4. The van der Waals surface area contributed by atoms with Crippen LogP contribution in [-0.2, 0) is 64.2 Å². The molecule has 0 atom stereocenters. The first-order valence-corrected chi connectivity index (χ1v) is 21.4. The van der Waals surface area contributed by atoms with Crippen LogP contribution in [0.4, 0.5) is 26.3 Å². The fourth-order valence-electron chi connectivity index (χ4n) is 7.42. The van der Waals surface area contributed by atoms with Gasteiger partial charge >= 0.3 is 29.7 Å². The summed E-state index contributed by atoms with van der Waals surface area (Å²) in [6.45, 7) is 27.2. The van der Waals surface area contributed by atoms with Gasteiger partial charge in [0, 0.05) is 0 Å². The van der Waals surface area contributed by atoms with E-state index in [0.717, 1.165) is 37.1 Å². The largest absolute Gasteiger partial charge is 2.00 e. The molecule has 0 aliphatic heterocycles. The molecule has 6 aromatic carbocycles. The van der Waals surface area contributed by atoms with E-state index in [4.69, 9.17) is 10.2 Å². The molecule has 2 N–H and O–H groups in total. The van der Waals surface area contributed by atoms with E-state index >= 15 is 0 Å². The number of benzene rings is 6. The van der Waals surface area contributed by atoms with Gasteiger partial charge in [0.2, 0.25) is 0 Å².